The Morgan fingerprint density at radius 3 is 2.00 bits per heavy atom. The van der Waals surface area contributed by atoms with Crippen molar-refractivity contribution in [1.29, 1.82) is 0 Å². The van der Waals surface area contributed by atoms with Crippen molar-refractivity contribution >= 4 is 18.0 Å². The minimum Gasteiger partial charge on any atom is -0.480 e. The topological polar surface area (TPSA) is 105 Å². The van der Waals surface area contributed by atoms with E-state index in [0.29, 0.717) is 0 Å². The highest BCUT2D eigenvalue weighted by atomic mass is 16.5. The Kier molecular flexibility index (Phi) is 6.88. The van der Waals surface area contributed by atoms with E-state index in [4.69, 9.17) is 4.74 Å². The Bertz CT molecular complexity index is 1080. The molecule has 1 saturated carbocycles. The molecule has 0 heterocycles. The van der Waals surface area contributed by atoms with Crippen LogP contribution in [0.4, 0.5) is 4.79 Å². The maximum absolute atomic E-state index is 13.1. The van der Waals surface area contributed by atoms with Gasteiger partial charge in [-0.3, -0.25) is 4.79 Å². The number of alkyl carbamates (subject to hydrolysis) is 1. The number of hydrogen-bond acceptors (Lipinski definition) is 4. The van der Waals surface area contributed by atoms with Gasteiger partial charge in [-0.2, -0.15) is 0 Å². The standard InChI is InChI=1S/C28H34N2O5/c1-16(2)24(28(3,4)26(33)29-23(25(31)32)17-13-14-17)30-27(34)35-15-22-20-11-7-5-9-18(20)19-10-6-8-12-21(19)22/h5-12,16-17,22-24H,13-15H2,1-4H3,(H,29,33)(H,30,34)(H,31,32). The van der Waals surface area contributed by atoms with Crippen LogP contribution in [-0.2, 0) is 14.3 Å². The molecule has 186 valence electrons. The predicted molar refractivity (Wildman–Crippen MR) is 133 cm³/mol. The molecule has 4 rings (SSSR count). The molecule has 2 amide bonds. The first-order chi connectivity index (χ1) is 16.6. The summed E-state index contributed by atoms with van der Waals surface area (Å²) in [5.41, 5.74) is 3.52. The third-order valence-electron chi connectivity index (χ3n) is 7.29. The molecular weight excluding hydrogens is 444 g/mol. The van der Waals surface area contributed by atoms with Crippen molar-refractivity contribution in [2.24, 2.45) is 17.3 Å². The van der Waals surface area contributed by atoms with E-state index in [1.165, 1.54) is 0 Å². The monoisotopic (exact) mass is 478 g/mol. The highest BCUT2D eigenvalue weighted by Gasteiger charge is 2.44. The van der Waals surface area contributed by atoms with E-state index in [9.17, 15) is 19.5 Å². The second-order valence-electron chi connectivity index (χ2n) is 10.5. The number of hydrogen-bond donors (Lipinski definition) is 3. The lowest BCUT2D eigenvalue weighted by Gasteiger charge is -2.36. The molecular formula is C28H34N2O5. The Morgan fingerprint density at radius 2 is 1.51 bits per heavy atom. The van der Waals surface area contributed by atoms with Crippen LogP contribution in [0.3, 0.4) is 0 Å². The number of fused-ring (bicyclic) bond motifs is 3. The van der Waals surface area contributed by atoms with Gasteiger partial charge in [-0.1, -0.05) is 62.4 Å². The zero-order valence-corrected chi connectivity index (χ0v) is 20.7. The first kappa shape index (κ1) is 24.8. The van der Waals surface area contributed by atoms with Gasteiger partial charge in [0, 0.05) is 12.0 Å². The summed E-state index contributed by atoms with van der Waals surface area (Å²) in [6, 6.07) is 14.8. The van der Waals surface area contributed by atoms with Crippen LogP contribution in [0, 0.1) is 17.3 Å². The zero-order chi connectivity index (χ0) is 25.3. The van der Waals surface area contributed by atoms with Crippen LogP contribution in [0.5, 0.6) is 0 Å². The molecule has 2 aliphatic rings. The molecule has 2 unspecified atom stereocenters. The molecule has 2 aromatic rings. The van der Waals surface area contributed by atoms with Gasteiger partial charge < -0.3 is 20.5 Å². The number of benzene rings is 2. The van der Waals surface area contributed by atoms with Crippen LogP contribution in [0.2, 0.25) is 0 Å². The number of nitrogens with one attached hydrogen (secondary N) is 2. The van der Waals surface area contributed by atoms with Crippen molar-refractivity contribution in [3.8, 4) is 11.1 Å². The molecule has 7 nitrogen and oxygen atoms in total. The van der Waals surface area contributed by atoms with Gasteiger partial charge in [-0.25, -0.2) is 9.59 Å². The van der Waals surface area contributed by atoms with Crippen LogP contribution < -0.4 is 10.6 Å². The number of aliphatic carboxylic acids is 1. The molecule has 0 bridgehead atoms. The molecule has 0 aliphatic heterocycles. The summed E-state index contributed by atoms with van der Waals surface area (Å²) in [5, 5.41) is 15.1. The van der Waals surface area contributed by atoms with Gasteiger partial charge in [0.1, 0.15) is 12.6 Å². The summed E-state index contributed by atoms with van der Waals surface area (Å²) in [6.07, 6.45) is 0.996. The summed E-state index contributed by atoms with van der Waals surface area (Å²) < 4.78 is 5.69. The first-order valence-corrected chi connectivity index (χ1v) is 12.3. The minimum atomic E-state index is -1.04. The second-order valence-corrected chi connectivity index (χ2v) is 10.5. The van der Waals surface area contributed by atoms with Gasteiger partial charge >= 0.3 is 12.1 Å². The SMILES string of the molecule is CC(C)C(NC(=O)OCC1c2ccccc2-c2ccccc21)C(C)(C)C(=O)NC(C(=O)O)C1CC1. The van der Waals surface area contributed by atoms with Gasteiger partial charge in [0.15, 0.2) is 0 Å². The van der Waals surface area contributed by atoms with E-state index in [1.54, 1.807) is 13.8 Å². The molecule has 0 radical (unpaired) electrons. The second kappa shape index (κ2) is 9.72. The maximum atomic E-state index is 13.1. The lowest BCUT2D eigenvalue weighted by atomic mass is 9.77. The van der Waals surface area contributed by atoms with Crippen LogP contribution in [0.25, 0.3) is 11.1 Å². The molecule has 7 heteroatoms. The smallest absolute Gasteiger partial charge is 0.407 e. The van der Waals surface area contributed by atoms with Gasteiger partial charge in [-0.15, -0.1) is 0 Å². The largest absolute Gasteiger partial charge is 0.480 e. The number of carbonyl (C=O) groups excluding carboxylic acids is 2. The van der Waals surface area contributed by atoms with Crippen molar-refractivity contribution in [1.82, 2.24) is 10.6 Å². The van der Waals surface area contributed by atoms with Crippen molar-refractivity contribution in [2.45, 2.75) is 58.5 Å². The van der Waals surface area contributed by atoms with Crippen LogP contribution in [0.15, 0.2) is 48.5 Å². The lowest BCUT2D eigenvalue weighted by molar-refractivity contribution is -0.144. The van der Waals surface area contributed by atoms with Crippen LogP contribution >= 0.6 is 0 Å². The van der Waals surface area contributed by atoms with Crippen molar-refractivity contribution < 1.29 is 24.2 Å². The Morgan fingerprint density at radius 1 is 0.971 bits per heavy atom. The lowest BCUT2D eigenvalue weighted by Crippen LogP contribution is -2.57. The quantitative estimate of drug-likeness (QED) is 0.490. The van der Waals surface area contributed by atoms with E-state index in [-0.39, 0.29) is 24.4 Å². The molecule has 2 aromatic carbocycles. The zero-order valence-electron chi connectivity index (χ0n) is 20.7. The number of carboxylic acids is 1. The Balaban J connectivity index is 1.43. The fraction of sp³-hybridized carbons (Fsp3) is 0.464. The third kappa shape index (κ3) is 5.04. The fourth-order valence-corrected chi connectivity index (χ4v) is 5.23. The summed E-state index contributed by atoms with van der Waals surface area (Å²) in [5.74, 6) is -1.59. The molecule has 35 heavy (non-hydrogen) atoms. The fourth-order valence-electron chi connectivity index (χ4n) is 5.23. The highest BCUT2D eigenvalue weighted by molar-refractivity contribution is 5.88. The maximum Gasteiger partial charge on any atom is 0.407 e. The van der Waals surface area contributed by atoms with Gasteiger partial charge in [0.05, 0.1) is 5.41 Å². The average Bonchev–Trinajstić information content (AvgIpc) is 3.61. The molecule has 1 fully saturated rings. The molecule has 2 aliphatic carbocycles. The molecule has 0 saturated heterocycles. The summed E-state index contributed by atoms with van der Waals surface area (Å²) in [6.45, 7) is 7.46. The summed E-state index contributed by atoms with van der Waals surface area (Å²) >= 11 is 0. The predicted octanol–water partition coefficient (Wildman–Crippen LogP) is 4.56. The van der Waals surface area contributed by atoms with Crippen molar-refractivity contribution in [3.05, 3.63) is 59.7 Å². The molecule has 0 spiro atoms. The van der Waals surface area contributed by atoms with Crippen LogP contribution in [0.1, 0.15) is 57.6 Å². The average molecular weight is 479 g/mol. The summed E-state index contributed by atoms with van der Waals surface area (Å²) in [4.78, 5) is 37.6. The van der Waals surface area contributed by atoms with Crippen molar-refractivity contribution in [3.63, 3.8) is 0 Å². The number of ether oxygens (including phenoxy) is 1. The van der Waals surface area contributed by atoms with E-state index >= 15 is 0 Å². The summed E-state index contributed by atoms with van der Waals surface area (Å²) in [7, 11) is 0. The van der Waals surface area contributed by atoms with E-state index < -0.39 is 35.5 Å². The minimum absolute atomic E-state index is 0.0279. The van der Waals surface area contributed by atoms with Crippen molar-refractivity contribution in [2.75, 3.05) is 6.61 Å². The Labute approximate surface area is 206 Å². The first-order valence-electron chi connectivity index (χ1n) is 12.3. The normalized spacial score (nSPS) is 16.7. The number of amides is 2. The van der Waals surface area contributed by atoms with Crippen LogP contribution in [-0.4, -0.2) is 41.8 Å². The molecule has 3 N–H and O–H groups in total. The van der Waals surface area contributed by atoms with Gasteiger partial charge in [0.25, 0.3) is 0 Å². The van der Waals surface area contributed by atoms with E-state index in [2.05, 4.69) is 34.9 Å². The Hall–Kier alpha value is -3.35. The number of carboxylic acid groups (broad SMARTS) is 1. The van der Waals surface area contributed by atoms with E-state index in [1.807, 2.05) is 38.1 Å². The molecule has 2 atom stereocenters. The molecule has 0 aromatic heterocycles. The highest BCUT2D eigenvalue weighted by Crippen LogP contribution is 2.44. The van der Waals surface area contributed by atoms with Gasteiger partial charge in [0.2, 0.25) is 5.91 Å². The number of rotatable bonds is 9. The third-order valence-corrected chi connectivity index (χ3v) is 7.29. The number of carbonyl (C=O) groups is 3. The van der Waals surface area contributed by atoms with E-state index in [0.717, 1.165) is 35.1 Å². The van der Waals surface area contributed by atoms with Gasteiger partial charge in [-0.05, 0) is 60.8 Å².